The number of nitrogens with zero attached hydrogens (tertiary/aromatic N) is 1. The highest BCUT2D eigenvalue weighted by molar-refractivity contribution is 5.83. The summed E-state index contributed by atoms with van der Waals surface area (Å²) >= 11 is 0. The topological polar surface area (TPSA) is 68.7 Å². The third-order valence-electron chi connectivity index (χ3n) is 5.42. The second-order valence-electron chi connectivity index (χ2n) is 7.11. The molecule has 1 fully saturated rings. The molecular formula is C21H27NO4. The van der Waals surface area contributed by atoms with Crippen molar-refractivity contribution in [3.63, 3.8) is 0 Å². The maximum absolute atomic E-state index is 11.9. The van der Waals surface area contributed by atoms with Crippen molar-refractivity contribution in [3.05, 3.63) is 36.0 Å². The van der Waals surface area contributed by atoms with Crippen LogP contribution in [-0.4, -0.2) is 35.4 Å². The van der Waals surface area contributed by atoms with E-state index in [4.69, 9.17) is 9.47 Å². The summed E-state index contributed by atoms with van der Waals surface area (Å²) < 4.78 is 10.4. The zero-order chi connectivity index (χ0) is 18.6. The molecule has 1 N–H and O–H groups in total. The van der Waals surface area contributed by atoms with Crippen molar-refractivity contribution >= 4 is 16.9 Å². The van der Waals surface area contributed by atoms with E-state index >= 15 is 0 Å². The highest BCUT2D eigenvalue weighted by Gasteiger charge is 2.36. The van der Waals surface area contributed by atoms with Crippen LogP contribution in [-0.2, 0) is 16.0 Å². The van der Waals surface area contributed by atoms with E-state index in [2.05, 4.69) is 11.1 Å². The van der Waals surface area contributed by atoms with Gasteiger partial charge in [-0.25, -0.2) is 0 Å². The summed E-state index contributed by atoms with van der Waals surface area (Å²) in [4.78, 5) is 16.3. The van der Waals surface area contributed by atoms with Crippen molar-refractivity contribution in [3.8, 4) is 5.75 Å². The van der Waals surface area contributed by atoms with Crippen LogP contribution in [0.2, 0.25) is 0 Å². The fourth-order valence-electron chi connectivity index (χ4n) is 3.79. The molecule has 0 saturated heterocycles. The molecule has 3 rings (SSSR count). The first kappa shape index (κ1) is 18.6. The number of benzene rings is 1. The molecule has 5 heteroatoms. The van der Waals surface area contributed by atoms with Gasteiger partial charge >= 0.3 is 5.97 Å². The largest absolute Gasteiger partial charge is 0.495 e. The number of methoxy groups -OCH3 is 1. The number of aryl methyl sites for hydroxylation is 1. The standard InChI is InChI=1S/C21H27NO4/c1-3-26-20(23)16-8-11-21(24,12-9-16)10-7-15-5-4-6-19-18(15)13-17(25-2)14-22-19/h4-6,13-14,16,24H,3,7-12H2,1-2H3/t16-,21-. The molecule has 5 nitrogen and oxygen atoms in total. The molecule has 0 radical (unpaired) electrons. The summed E-state index contributed by atoms with van der Waals surface area (Å²) in [6.45, 7) is 2.24. The average Bonchev–Trinajstić information content (AvgIpc) is 2.66. The molecule has 1 aliphatic rings. The molecule has 1 aromatic carbocycles. The molecule has 1 aliphatic carbocycles. The monoisotopic (exact) mass is 357 g/mol. The number of hydrogen-bond donors (Lipinski definition) is 1. The van der Waals surface area contributed by atoms with Gasteiger partial charge in [-0.2, -0.15) is 0 Å². The van der Waals surface area contributed by atoms with E-state index in [0.717, 1.165) is 28.6 Å². The van der Waals surface area contributed by atoms with E-state index in [9.17, 15) is 9.90 Å². The van der Waals surface area contributed by atoms with Gasteiger partial charge in [0.1, 0.15) is 5.75 Å². The van der Waals surface area contributed by atoms with Crippen LogP contribution in [0.5, 0.6) is 5.75 Å². The fraction of sp³-hybridized carbons (Fsp3) is 0.524. The third kappa shape index (κ3) is 4.15. The molecule has 0 spiro atoms. The minimum Gasteiger partial charge on any atom is -0.495 e. The maximum atomic E-state index is 11.9. The molecule has 0 bridgehead atoms. The zero-order valence-electron chi connectivity index (χ0n) is 15.5. The van der Waals surface area contributed by atoms with Gasteiger partial charge in [0.25, 0.3) is 0 Å². The van der Waals surface area contributed by atoms with Crippen LogP contribution in [0.4, 0.5) is 0 Å². The number of pyridine rings is 1. The Balaban J connectivity index is 1.66. The lowest BCUT2D eigenvalue weighted by Crippen LogP contribution is -2.37. The number of fused-ring (bicyclic) bond motifs is 1. The number of hydrogen-bond acceptors (Lipinski definition) is 5. The van der Waals surface area contributed by atoms with E-state index in [1.54, 1.807) is 13.3 Å². The zero-order valence-corrected chi connectivity index (χ0v) is 15.5. The smallest absolute Gasteiger partial charge is 0.308 e. The molecule has 0 unspecified atom stereocenters. The van der Waals surface area contributed by atoms with Crippen molar-refractivity contribution in [1.82, 2.24) is 4.98 Å². The number of carbonyl (C=O) groups is 1. The normalized spacial score (nSPS) is 23.0. The van der Waals surface area contributed by atoms with Gasteiger partial charge in [0.05, 0.1) is 36.9 Å². The minimum atomic E-state index is -0.711. The summed E-state index contributed by atoms with van der Waals surface area (Å²) in [5.74, 6) is 0.543. The number of esters is 1. The van der Waals surface area contributed by atoms with Crippen LogP contribution in [0.3, 0.4) is 0 Å². The Kier molecular flexibility index (Phi) is 5.77. The number of ether oxygens (including phenoxy) is 2. The molecule has 140 valence electrons. The van der Waals surface area contributed by atoms with E-state index in [-0.39, 0.29) is 11.9 Å². The molecule has 1 aromatic heterocycles. The molecule has 2 aromatic rings. The minimum absolute atomic E-state index is 0.0683. The van der Waals surface area contributed by atoms with Crippen molar-refractivity contribution in [2.45, 2.75) is 51.0 Å². The first-order valence-electron chi connectivity index (χ1n) is 9.35. The second kappa shape index (κ2) is 8.04. The van der Waals surface area contributed by atoms with E-state index in [1.807, 2.05) is 25.1 Å². The maximum Gasteiger partial charge on any atom is 0.308 e. The van der Waals surface area contributed by atoms with Crippen molar-refractivity contribution in [2.75, 3.05) is 13.7 Å². The van der Waals surface area contributed by atoms with Crippen LogP contribution < -0.4 is 4.74 Å². The number of aromatic nitrogens is 1. The predicted molar refractivity (Wildman–Crippen MR) is 100 cm³/mol. The molecule has 26 heavy (non-hydrogen) atoms. The first-order chi connectivity index (χ1) is 12.5. The van der Waals surface area contributed by atoms with Gasteiger partial charge in [-0.05, 0) is 63.1 Å². The fourth-order valence-corrected chi connectivity index (χ4v) is 3.79. The van der Waals surface area contributed by atoms with Gasteiger partial charge in [0.2, 0.25) is 0 Å². The lowest BCUT2D eigenvalue weighted by molar-refractivity contribution is -0.151. The van der Waals surface area contributed by atoms with Crippen LogP contribution in [0, 0.1) is 5.92 Å². The van der Waals surface area contributed by atoms with Crippen molar-refractivity contribution in [1.29, 1.82) is 0 Å². The van der Waals surface area contributed by atoms with Gasteiger partial charge in [-0.1, -0.05) is 12.1 Å². The van der Waals surface area contributed by atoms with Gasteiger partial charge in [-0.15, -0.1) is 0 Å². The molecule has 0 atom stereocenters. The Bertz CT molecular complexity index is 766. The van der Waals surface area contributed by atoms with Gasteiger partial charge in [0, 0.05) is 5.39 Å². The molecule has 0 amide bonds. The Hall–Kier alpha value is -2.14. The summed E-state index contributed by atoms with van der Waals surface area (Å²) in [6, 6.07) is 8.06. The van der Waals surface area contributed by atoms with Crippen LogP contribution in [0.25, 0.3) is 10.9 Å². The summed E-state index contributed by atoms with van der Waals surface area (Å²) in [5.41, 5.74) is 1.38. The molecular weight excluding hydrogens is 330 g/mol. The highest BCUT2D eigenvalue weighted by Crippen LogP contribution is 2.36. The summed E-state index contributed by atoms with van der Waals surface area (Å²) in [6.07, 6.45) is 5.84. The Morgan fingerprint density at radius 2 is 2.12 bits per heavy atom. The quantitative estimate of drug-likeness (QED) is 0.799. The van der Waals surface area contributed by atoms with Gasteiger partial charge in [-0.3, -0.25) is 9.78 Å². The number of rotatable bonds is 6. The van der Waals surface area contributed by atoms with Gasteiger partial charge in [0.15, 0.2) is 0 Å². The van der Waals surface area contributed by atoms with E-state index < -0.39 is 5.60 Å². The predicted octanol–water partition coefficient (Wildman–Crippen LogP) is 3.66. The summed E-state index contributed by atoms with van der Waals surface area (Å²) in [7, 11) is 1.64. The second-order valence-corrected chi connectivity index (χ2v) is 7.11. The number of aliphatic hydroxyl groups is 1. The van der Waals surface area contributed by atoms with E-state index in [0.29, 0.717) is 38.7 Å². The summed E-state index contributed by atoms with van der Waals surface area (Å²) in [5, 5.41) is 12.0. The molecule has 1 saturated carbocycles. The lowest BCUT2D eigenvalue weighted by Gasteiger charge is -2.35. The van der Waals surface area contributed by atoms with Crippen LogP contribution in [0.1, 0.15) is 44.6 Å². The van der Waals surface area contributed by atoms with Crippen LogP contribution >= 0.6 is 0 Å². The van der Waals surface area contributed by atoms with E-state index in [1.165, 1.54) is 0 Å². The Morgan fingerprint density at radius 1 is 1.35 bits per heavy atom. The Labute approximate surface area is 154 Å². The van der Waals surface area contributed by atoms with Crippen molar-refractivity contribution in [2.24, 2.45) is 5.92 Å². The van der Waals surface area contributed by atoms with Crippen LogP contribution in [0.15, 0.2) is 30.5 Å². The lowest BCUT2D eigenvalue weighted by atomic mass is 9.76. The SMILES string of the molecule is CCOC(=O)[C@H]1CC[C@@](O)(CCc2cccc3ncc(OC)cc23)CC1. The molecule has 0 aliphatic heterocycles. The first-order valence-corrected chi connectivity index (χ1v) is 9.35. The highest BCUT2D eigenvalue weighted by atomic mass is 16.5. The van der Waals surface area contributed by atoms with Crippen molar-refractivity contribution < 1.29 is 19.4 Å². The van der Waals surface area contributed by atoms with Gasteiger partial charge < -0.3 is 14.6 Å². The third-order valence-corrected chi connectivity index (χ3v) is 5.42. The molecule has 1 heterocycles. The number of carbonyl (C=O) groups excluding carboxylic acids is 1. The Morgan fingerprint density at radius 3 is 2.81 bits per heavy atom. The average molecular weight is 357 g/mol.